The third-order valence-electron chi connectivity index (χ3n) is 0.679. The third-order valence-corrected chi connectivity index (χ3v) is 0.679. The molecule has 1 saturated heterocycles. The van der Waals surface area contributed by atoms with Gasteiger partial charge in [0.05, 0.1) is 12.7 Å². The molecule has 1 atom stereocenters. The molecule has 1 rings (SSSR count). The molecule has 0 N–H and O–H groups in total. The molecule has 1 fully saturated rings. The minimum atomic E-state index is -0.375. The van der Waals surface area contributed by atoms with Gasteiger partial charge < -0.3 is 9.47 Å². The predicted octanol–water partition coefficient (Wildman–Crippen LogP) is 0.0447. The summed E-state index contributed by atoms with van der Waals surface area (Å²) in [5.41, 5.74) is 0. The molecule has 3 nitrogen and oxygen atoms in total. The van der Waals surface area contributed by atoms with E-state index in [0.717, 1.165) is 0 Å². The van der Waals surface area contributed by atoms with Gasteiger partial charge in [0.25, 0.3) is 0 Å². The van der Waals surface area contributed by atoms with Crippen molar-refractivity contribution >= 4 is 0 Å². The van der Waals surface area contributed by atoms with Crippen molar-refractivity contribution in [2.45, 2.75) is 6.10 Å². The van der Waals surface area contributed by atoms with Crippen molar-refractivity contribution in [3.05, 3.63) is 6.79 Å². The number of rotatable bonds is 0. The van der Waals surface area contributed by atoms with Crippen LogP contribution in [0.25, 0.3) is 0 Å². The number of nitriles is 1. The van der Waals surface area contributed by atoms with Crippen LogP contribution < -0.4 is 0 Å². The first-order chi connectivity index (χ1) is 3.43. The van der Waals surface area contributed by atoms with E-state index in [2.05, 4.69) is 9.47 Å². The van der Waals surface area contributed by atoms with E-state index in [0.29, 0.717) is 6.61 Å². The average Bonchev–Trinajstić information content (AvgIpc) is 2.14. The third kappa shape index (κ3) is 0.889. The lowest BCUT2D eigenvalue weighted by molar-refractivity contribution is 0.146. The van der Waals surface area contributed by atoms with Gasteiger partial charge in [-0.3, -0.25) is 0 Å². The van der Waals surface area contributed by atoms with Crippen LogP contribution in [0, 0.1) is 18.1 Å². The van der Waals surface area contributed by atoms with Gasteiger partial charge in [0.2, 0.25) is 6.79 Å². The molecule has 0 saturated carbocycles. The summed E-state index contributed by atoms with van der Waals surface area (Å²) in [5, 5.41) is 8.09. The second-order valence-corrected chi connectivity index (χ2v) is 1.18. The molecule has 0 aromatic rings. The molecule has 1 aliphatic heterocycles. The fourth-order valence-electron chi connectivity index (χ4n) is 0.340. The lowest BCUT2D eigenvalue weighted by Gasteiger charge is -1.86. The van der Waals surface area contributed by atoms with Crippen LogP contribution in [0.1, 0.15) is 0 Å². The molecule has 1 radical (unpaired) electrons. The molecule has 0 aliphatic carbocycles. The largest absolute Gasteiger partial charge is 0.344 e. The zero-order chi connectivity index (χ0) is 5.11. The van der Waals surface area contributed by atoms with Crippen molar-refractivity contribution in [3.8, 4) is 6.07 Å². The Labute approximate surface area is 41.4 Å². The quantitative estimate of drug-likeness (QED) is 0.429. The molecule has 0 aromatic heterocycles. The van der Waals surface area contributed by atoms with E-state index in [9.17, 15) is 0 Å². The molecule has 7 heavy (non-hydrogen) atoms. The molecule has 37 valence electrons. The Kier molecular flexibility index (Phi) is 1.25. The van der Waals surface area contributed by atoms with Crippen LogP contribution in [0.15, 0.2) is 0 Å². The highest BCUT2D eigenvalue weighted by molar-refractivity contribution is 4.86. The second-order valence-electron chi connectivity index (χ2n) is 1.18. The first-order valence-electron chi connectivity index (χ1n) is 1.92. The van der Waals surface area contributed by atoms with Crippen molar-refractivity contribution in [1.29, 1.82) is 5.26 Å². The van der Waals surface area contributed by atoms with Gasteiger partial charge in [-0.25, -0.2) is 0 Å². The highest BCUT2D eigenvalue weighted by Crippen LogP contribution is 2.03. The smallest absolute Gasteiger partial charge is 0.211 e. The first-order valence-corrected chi connectivity index (χ1v) is 1.92. The van der Waals surface area contributed by atoms with Crippen LogP contribution in [0.4, 0.5) is 0 Å². The summed E-state index contributed by atoms with van der Waals surface area (Å²) >= 11 is 0. The topological polar surface area (TPSA) is 42.2 Å². The molecule has 1 unspecified atom stereocenters. The number of ether oxygens (including phenoxy) is 2. The van der Waals surface area contributed by atoms with Crippen LogP contribution >= 0.6 is 0 Å². The summed E-state index contributed by atoms with van der Waals surface area (Å²) in [5.74, 6) is 0. The summed E-state index contributed by atoms with van der Waals surface area (Å²) in [6.07, 6.45) is -0.375. The van der Waals surface area contributed by atoms with E-state index >= 15 is 0 Å². The average molecular weight is 98.1 g/mol. The first kappa shape index (κ1) is 4.57. The summed E-state index contributed by atoms with van der Waals surface area (Å²) < 4.78 is 9.17. The Morgan fingerprint density at radius 3 is 3.00 bits per heavy atom. The highest BCUT2D eigenvalue weighted by Gasteiger charge is 2.14. The van der Waals surface area contributed by atoms with Gasteiger partial charge in [-0.05, 0) is 0 Å². The van der Waals surface area contributed by atoms with Gasteiger partial charge >= 0.3 is 0 Å². The van der Waals surface area contributed by atoms with E-state index in [4.69, 9.17) is 5.26 Å². The maximum absolute atomic E-state index is 8.09. The van der Waals surface area contributed by atoms with E-state index in [1.807, 2.05) is 6.07 Å². The predicted molar refractivity (Wildman–Crippen MR) is 20.7 cm³/mol. The Morgan fingerprint density at radius 2 is 2.71 bits per heavy atom. The number of hydrogen-bond donors (Lipinski definition) is 0. The molecule has 0 amide bonds. The van der Waals surface area contributed by atoms with Gasteiger partial charge in [0.1, 0.15) is 0 Å². The van der Waals surface area contributed by atoms with Crippen molar-refractivity contribution in [1.82, 2.24) is 0 Å². The van der Waals surface area contributed by atoms with E-state index in [1.54, 1.807) is 0 Å². The molecular weight excluding hydrogens is 94.0 g/mol. The standard InChI is InChI=1S/C4H4NO2/c5-1-4-2-6-3-7-4/h3-4H,2H2. The molecule has 3 heteroatoms. The number of hydrogen-bond acceptors (Lipinski definition) is 3. The van der Waals surface area contributed by atoms with Gasteiger partial charge in [-0.1, -0.05) is 0 Å². The van der Waals surface area contributed by atoms with Crippen molar-refractivity contribution in [2.75, 3.05) is 6.61 Å². The van der Waals surface area contributed by atoms with Crippen molar-refractivity contribution in [3.63, 3.8) is 0 Å². The lowest BCUT2D eigenvalue weighted by Crippen LogP contribution is -2.03. The fraction of sp³-hybridized carbons (Fsp3) is 0.500. The summed E-state index contributed by atoms with van der Waals surface area (Å²) in [7, 11) is 0. The Bertz CT molecular complexity index is 90.4. The van der Waals surface area contributed by atoms with Crippen LogP contribution in [0.3, 0.4) is 0 Å². The number of nitrogens with zero attached hydrogens (tertiary/aromatic N) is 1. The highest BCUT2D eigenvalue weighted by atomic mass is 16.7. The summed E-state index contributed by atoms with van der Waals surface area (Å²) in [6, 6.07) is 1.89. The minimum absolute atomic E-state index is 0.372. The van der Waals surface area contributed by atoms with Crippen LogP contribution in [-0.2, 0) is 9.47 Å². The van der Waals surface area contributed by atoms with E-state index in [1.165, 1.54) is 6.79 Å². The van der Waals surface area contributed by atoms with Crippen molar-refractivity contribution in [2.24, 2.45) is 0 Å². The fourth-order valence-corrected chi connectivity index (χ4v) is 0.340. The second kappa shape index (κ2) is 1.92. The monoisotopic (exact) mass is 98.0 g/mol. The van der Waals surface area contributed by atoms with Crippen LogP contribution in [0.5, 0.6) is 0 Å². The van der Waals surface area contributed by atoms with Gasteiger partial charge in [-0.2, -0.15) is 5.26 Å². The van der Waals surface area contributed by atoms with Gasteiger partial charge in [0, 0.05) is 0 Å². The van der Waals surface area contributed by atoms with E-state index in [-0.39, 0.29) is 6.10 Å². The lowest BCUT2D eigenvalue weighted by atomic mass is 10.4. The van der Waals surface area contributed by atoms with Gasteiger partial charge in [-0.15, -0.1) is 0 Å². The molecule has 1 heterocycles. The summed E-state index contributed by atoms with van der Waals surface area (Å²) in [6.45, 7) is 1.56. The summed E-state index contributed by atoms with van der Waals surface area (Å²) in [4.78, 5) is 0. The Hall–Kier alpha value is -0.590. The molecule has 1 aliphatic rings. The van der Waals surface area contributed by atoms with E-state index < -0.39 is 0 Å². The van der Waals surface area contributed by atoms with Gasteiger partial charge in [0.15, 0.2) is 6.10 Å². The maximum Gasteiger partial charge on any atom is 0.211 e. The molecule has 0 bridgehead atoms. The molecule has 0 spiro atoms. The zero-order valence-electron chi connectivity index (χ0n) is 3.63. The minimum Gasteiger partial charge on any atom is -0.344 e. The van der Waals surface area contributed by atoms with Crippen LogP contribution in [0.2, 0.25) is 0 Å². The SMILES string of the molecule is N#CC1CO[CH]O1. The zero-order valence-corrected chi connectivity index (χ0v) is 3.63. The Morgan fingerprint density at radius 1 is 1.86 bits per heavy atom. The maximum atomic E-state index is 8.09. The Balaban J connectivity index is 2.31. The normalized spacial score (nSPS) is 29.9. The molecule has 0 aromatic carbocycles. The van der Waals surface area contributed by atoms with Crippen molar-refractivity contribution < 1.29 is 9.47 Å². The molecular formula is C4H4NO2. The van der Waals surface area contributed by atoms with Crippen LogP contribution in [-0.4, -0.2) is 12.7 Å².